The van der Waals surface area contributed by atoms with Crippen LogP contribution in [0.4, 0.5) is 0 Å². The van der Waals surface area contributed by atoms with E-state index in [0.717, 1.165) is 31.4 Å². The van der Waals surface area contributed by atoms with Gasteiger partial charge < -0.3 is 23.9 Å². The molecule has 168 valence electrons. The Morgan fingerprint density at radius 2 is 1.87 bits per heavy atom. The van der Waals surface area contributed by atoms with Crippen molar-refractivity contribution < 1.29 is 41.9 Å². The quantitative estimate of drug-likeness (QED) is 0.381. The molecule has 2 bridgehead atoms. The molecule has 0 amide bonds. The summed E-state index contributed by atoms with van der Waals surface area (Å²) in [6.07, 6.45) is 3.05. The number of fused-ring (bicyclic) bond motifs is 1. The summed E-state index contributed by atoms with van der Waals surface area (Å²) in [6.45, 7) is -0.376. The minimum atomic E-state index is -4.58. The van der Waals surface area contributed by atoms with Crippen molar-refractivity contribution in [2.75, 3.05) is 6.61 Å². The molecule has 5 rings (SSSR count). The van der Waals surface area contributed by atoms with E-state index in [2.05, 4.69) is 0 Å². The molecule has 0 aromatic heterocycles. The van der Waals surface area contributed by atoms with Crippen molar-refractivity contribution in [3.8, 4) is 5.75 Å². The number of ether oxygens (including phenoxy) is 3. The number of aliphatic hydroxyl groups is 1. The third kappa shape index (κ3) is 3.45. The summed E-state index contributed by atoms with van der Waals surface area (Å²) >= 11 is 0. The van der Waals surface area contributed by atoms with Crippen LogP contribution in [0.2, 0.25) is 0 Å². The Kier molecular flexibility index (Phi) is 4.89. The van der Waals surface area contributed by atoms with Gasteiger partial charge in [0.15, 0.2) is 0 Å². The zero-order valence-electron chi connectivity index (χ0n) is 16.6. The third-order valence-electron chi connectivity index (χ3n) is 7.37. The fraction of sp³-hybridized carbons (Fsp3) is 0.619. The Bertz CT molecular complexity index is 996. The summed E-state index contributed by atoms with van der Waals surface area (Å²) in [5.74, 6) is -1.44. The molecule has 10 heteroatoms. The Morgan fingerprint density at radius 1 is 1.19 bits per heavy atom. The molecule has 0 spiro atoms. The van der Waals surface area contributed by atoms with Gasteiger partial charge in [-0.2, -0.15) is 0 Å². The van der Waals surface area contributed by atoms with E-state index < -0.39 is 38.8 Å². The van der Waals surface area contributed by atoms with Crippen LogP contribution in [-0.2, 0) is 29.2 Å². The lowest BCUT2D eigenvalue weighted by atomic mass is 9.68. The molecule has 6 atom stereocenters. The van der Waals surface area contributed by atoms with E-state index in [9.17, 15) is 27.7 Å². The Hall–Kier alpha value is -2.01. The van der Waals surface area contributed by atoms with Crippen LogP contribution in [0.5, 0.6) is 5.75 Å². The second kappa shape index (κ2) is 7.26. The Balaban J connectivity index is 1.24. The maximum atomic E-state index is 12.5. The minimum Gasteiger partial charge on any atom is -0.744 e. The van der Waals surface area contributed by atoms with Crippen molar-refractivity contribution in [2.45, 2.75) is 54.8 Å². The highest BCUT2D eigenvalue weighted by Crippen LogP contribution is 2.63. The SMILES string of the molecule is O=C(COC1C2CC3C1OC(=O)C3C2C1(O)CCCC1)Oc1ccc(S(=O)(=O)[O-])cc1. The van der Waals surface area contributed by atoms with Crippen LogP contribution in [0.25, 0.3) is 0 Å². The molecule has 1 heterocycles. The zero-order chi connectivity index (χ0) is 22.0. The lowest BCUT2D eigenvalue weighted by Crippen LogP contribution is -2.49. The van der Waals surface area contributed by atoms with Gasteiger partial charge in [-0.1, -0.05) is 12.8 Å². The van der Waals surface area contributed by atoms with Gasteiger partial charge in [-0.15, -0.1) is 0 Å². The van der Waals surface area contributed by atoms with E-state index in [1.807, 2.05) is 0 Å². The van der Waals surface area contributed by atoms with Gasteiger partial charge in [-0.05, 0) is 49.4 Å². The first kappa shape index (κ1) is 20.9. The van der Waals surface area contributed by atoms with Gasteiger partial charge in [0.1, 0.15) is 28.6 Å². The van der Waals surface area contributed by atoms with Gasteiger partial charge in [0.05, 0.1) is 22.5 Å². The van der Waals surface area contributed by atoms with E-state index in [1.54, 1.807) is 0 Å². The average molecular weight is 451 g/mol. The fourth-order valence-corrected chi connectivity index (χ4v) is 6.73. The van der Waals surface area contributed by atoms with Crippen LogP contribution in [-0.4, -0.2) is 54.4 Å². The topological polar surface area (TPSA) is 139 Å². The Morgan fingerprint density at radius 3 is 2.52 bits per heavy atom. The first-order chi connectivity index (χ1) is 14.7. The fourth-order valence-electron chi connectivity index (χ4n) is 6.26. The maximum absolute atomic E-state index is 12.5. The van der Waals surface area contributed by atoms with Crippen LogP contribution in [0.15, 0.2) is 29.2 Å². The summed E-state index contributed by atoms with van der Waals surface area (Å²) in [5, 5.41) is 11.2. The van der Waals surface area contributed by atoms with Gasteiger partial charge in [0.25, 0.3) is 0 Å². The van der Waals surface area contributed by atoms with Crippen molar-refractivity contribution in [1.82, 2.24) is 0 Å². The van der Waals surface area contributed by atoms with Crippen LogP contribution in [0, 0.1) is 23.7 Å². The van der Waals surface area contributed by atoms with E-state index in [4.69, 9.17) is 14.2 Å². The van der Waals surface area contributed by atoms with Gasteiger partial charge in [0, 0.05) is 11.8 Å². The molecule has 4 fully saturated rings. The number of hydrogen-bond acceptors (Lipinski definition) is 9. The second-order valence-electron chi connectivity index (χ2n) is 9.00. The Labute approximate surface area is 179 Å². The van der Waals surface area contributed by atoms with Gasteiger partial charge in [-0.3, -0.25) is 4.79 Å². The minimum absolute atomic E-state index is 0.00901. The molecule has 1 aromatic carbocycles. The summed E-state index contributed by atoms with van der Waals surface area (Å²) < 4.78 is 49.5. The first-order valence-electron chi connectivity index (χ1n) is 10.5. The highest BCUT2D eigenvalue weighted by atomic mass is 32.2. The smallest absolute Gasteiger partial charge is 0.337 e. The molecule has 1 aromatic rings. The maximum Gasteiger partial charge on any atom is 0.337 e. The second-order valence-corrected chi connectivity index (χ2v) is 10.4. The molecule has 31 heavy (non-hydrogen) atoms. The third-order valence-corrected chi connectivity index (χ3v) is 8.22. The lowest BCUT2D eigenvalue weighted by molar-refractivity contribution is -0.151. The largest absolute Gasteiger partial charge is 0.744 e. The summed E-state index contributed by atoms with van der Waals surface area (Å²) in [5.41, 5.74) is -0.885. The highest BCUT2D eigenvalue weighted by molar-refractivity contribution is 7.85. The molecule has 0 radical (unpaired) electrons. The van der Waals surface area contributed by atoms with Crippen molar-refractivity contribution in [3.63, 3.8) is 0 Å². The number of carbonyl (C=O) groups is 2. The van der Waals surface area contributed by atoms with Crippen molar-refractivity contribution in [1.29, 1.82) is 0 Å². The van der Waals surface area contributed by atoms with E-state index in [1.165, 1.54) is 12.1 Å². The molecular weight excluding hydrogens is 428 g/mol. The van der Waals surface area contributed by atoms with Crippen LogP contribution >= 0.6 is 0 Å². The number of carbonyl (C=O) groups excluding carboxylic acids is 2. The van der Waals surface area contributed by atoms with E-state index in [-0.39, 0.29) is 42.0 Å². The predicted molar refractivity (Wildman–Crippen MR) is 102 cm³/mol. The van der Waals surface area contributed by atoms with Crippen LogP contribution < -0.4 is 4.74 Å². The molecular formula is C21H23O9S-. The summed E-state index contributed by atoms with van der Waals surface area (Å²) in [7, 11) is -4.58. The predicted octanol–water partition coefficient (Wildman–Crippen LogP) is 0.994. The van der Waals surface area contributed by atoms with Crippen LogP contribution in [0.1, 0.15) is 32.1 Å². The first-order valence-corrected chi connectivity index (χ1v) is 11.9. The van der Waals surface area contributed by atoms with Crippen molar-refractivity contribution in [2.24, 2.45) is 23.7 Å². The molecule has 6 unspecified atom stereocenters. The van der Waals surface area contributed by atoms with Crippen LogP contribution in [0.3, 0.4) is 0 Å². The average Bonchev–Trinajstić information content (AvgIpc) is 3.43. The molecule has 3 aliphatic carbocycles. The van der Waals surface area contributed by atoms with Crippen molar-refractivity contribution >= 4 is 22.1 Å². The molecule has 1 N–H and O–H groups in total. The number of esters is 2. The van der Waals surface area contributed by atoms with Gasteiger partial charge >= 0.3 is 11.9 Å². The highest BCUT2D eigenvalue weighted by Gasteiger charge is 2.70. The molecule has 3 saturated carbocycles. The van der Waals surface area contributed by atoms with Gasteiger partial charge in [0.2, 0.25) is 0 Å². The summed E-state index contributed by atoms with van der Waals surface area (Å²) in [4.78, 5) is 24.3. The van der Waals surface area contributed by atoms with E-state index in [0.29, 0.717) is 12.8 Å². The lowest BCUT2D eigenvalue weighted by Gasteiger charge is -2.40. The zero-order valence-corrected chi connectivity index (χ0v) is 17.5. The monoisotopic (exact) mass is 451 g/mol. The molecule has 1 saturated heterocycles. The molecule has 1 aliphatic heterocycles. The van der Waals surface area contributed by atoms with E-state index >= 15 is 0 Å². The number of rotatable bonds is 6. The number of hydrogen-bond donors (Lipinski definition) is 1. The standard InChI is InChI=1S/C21H24O9S/c22-15(29-11-3-5-12(6-4-11)31(25,26)27)10-28-18-14-9-13-16(20(23)30-19(13)18)17(14)21(24)7-1-2-8-21/h3-6,13-14,16-19,24H,1-2,7-10H2,(H,25,26,27)/p-1. The molecule has 9 nitrogen and oxygen atoms in total. The van der Waals surface area contributed by atoms with Crippen molar-refractivity contribution in [3.05, 3.63) is 24.3 Å². The van der Waals surface area contributed by atoms with Gasteiger partial charge in [-0.25, -0.2) is 13.2 Å². The summed E-state index contributed by atoms with van der Waals surface area (Å²) in [6, 6.07) is 4.56. The number of benzene rings is 1. The molecule has 4 aliphatic rings. The normalized spacial score (nSPS) is 35.4.